The highest BCUT2D eigenvalue weighted by atomic mass is 16.2. The molecule has 0 unspecified atom stereocenters. The zero-order chi connectivity index (χ0) is 15.8. The van der Waals surface area contributed by atoms with Crippen LogP contribution in [0.1, 0.15) is 23.0 Å². The zero-order valence-electron chi connectivity index (χ0n) is 12.3. The number of rotatable bonds is 5. The van der Waals surface area contributed by atoms with Crippen LogP contribution in [-0.2, 0) is 6.54 Å². The highest BCUT2D eigenvalue weighted by molar-refractivity contribution is 5.95. The first-order valence-corrected chi connectivity index (χ1v) is 7.02. The van der Waals surface area contributed by atoms with E-state index in [1.165, 1.54) is 0 Å². The van der Waals surface area contributed by atoms with Crippen molar-refractivity contribution in [2.45, 2.75) is 13.5 Å². The van der Waals surface area contributed by atoms with Crippen LogP contribution in [0.15, 0.2) is 48.7 Å². The van der Waals surface area contributed by atoms with E-state index in [1.54, 1.807) is 30.5 Å². The number of pyridine rings is 1. The van der Waals surface area contributed by atoms with Crippen LogP contribution in [0.2, 0.25) is 0 Å². The first kappa shape index (κ1) is 15.5. The van der Waals surface area contributed by atoms with Gasteiger partial charge in [-0.1, -0.05) is 6.07 Å². The second-order valence-electron chi connectivity index (χ2n) is 4.57. The molecule has 22 heavy (non-hydrogen) atoms. The van der Waals surface area contributed by atoms with Crippen LogP contribution in [0.25, 0.3) is 0 Å². The summed E-state index contributed by atoms with van der Waals surface area (Å²) in [6, 6.07) is 11.9. The Hall–Kier alpha value is -2.89. The fraction of sp³-hybridized carbons (Fsp3) is 0.188. The van der Waals surface area contributed by atoms with Gasteiger partial charge in [-0.05, 0) is 43.3 Å². The van der Waals surface area contributed by atoms with Crippen LogP contribution < -0.4 is 16.0 Å². The molecular weight excluding hydrogens is 280 g/mol. The third kappa shape index (κ3) is 4.59. The Balaban J connectivity index is 1.85. The van der Waals surface area contributed by atoms with Gasteiger partial charge in [-0.25, -0.2) is 4.79 Å². The Labute approximate surface area is 129 Å². The summed E-state index contributed by atoms with van der Waals surface area (Å²) in [5.74, 6) is -0.131. The van der Waals surface area contributed by atoms with Gasteiger partial charge in [0.05, 0.1) is 12.2 Å². The van der Waals surface area contributed by atoms with E-state index >= 15 is 0 Å². The lowest BCUT2D eigenvalue weighted by atomic mass is 10.2. The number of hydrogen-bond donors (Lipinski definition) is 3. The highest BCUT2D eigenvalue weighted by Gasteiger charge is 2.05. The number of carbonyl (C=O) groups is 2. The lowest BCUT2D eigenvalue weighted by Crippen LogP contribution is -2.28. The van der Waals surface area contributed by atoms with Gasteiger partial charge in [-0.15, -0.1) is 0 Å². The van der Waals surface area contributed by atoms with Gasteiger partial charge in [0.25, 0.3) is 5.91 Å². The maximum absolute atomic E-state index is 11.8. The fourth-order valence-corrected chi connectivity index (χ4v) is 1.82. The highest BCUT2D eigenvalue weighted by Crippen LogP contribution is 2.09. The fourth-order valence-electron chi connectivity index (χ4n) is 1.82. The SMILES string of the molecule is CCNC(=O)c1ccc(NC(=O)NCc2ccccn2)cc1. The van der Waals surface area contributed by atoms with E-state index in [-0.39, 0.29) is 11.9 Å². The molecule has 0 aliphatic carbocycles. The molecule has 0 atom stereocenters. The number of aromatic nitrogens is 1. The molecule has 2 aromatic rings. The van der Waals surface area contributed by atoms with E-state index in [0.29, 0.717) is 24.3 Å². The molecule has 0 aliphatic heterocycles. The molecule has 3 amide bonds. The standard InChI is InChI=1S/C16H18N4O2/c1-2-17-15(21)12-6-8-13(9-7-12)20-16(22)19-11-14-5-3-4-10-18-14/h3-10H,2,11H2,1H3,(H,17,21)(H2,19,20,22). The molecule has 114 valence electrons. The number of nitrogens with zero attached hydrogens (tertiary/aromatic N) is 1. The minimum atomic E-state index is -0.323. The topological polar surface area (TPSA) is 83.1 Å². The molecule has 0 bridgehead atoms. The first-order valence-electron chi connectivity index (χ1n) is 7.02. The number of hydrogen-bond acceptors (Lipinski definition) is 3. The molecular formula is C16H18N4O2. The molecule has 1 aromatic carbocycles. The third-order valence-corrected chi connectivity index (χ3v) is 2.90. The van der Waals surface area contributed by atoms with Gasteiger partial charge in [0, 0.05) is 24.0 Å². The molecule has 0 spiro atoms. The van der Waals surface area contributed by atoms with E-state index in [4.69, 9.17) is 0 Å². The maximum atomic E-state index is 11.8. The number of urea groups is 1. The number of anilines is 1. The number of carbonyl (C=O) groups excluding carboxylic acids is 2. The van der Waals surface area contributed by atoms with Crippen LogP contribution in [0, 0.1) is 0 Å². The third-order valence-electron chi connectivity index (χ3n) is 2.90. The molecule has 6 heteroatoms. The zero-order valence-corrected chi connectivity index (χ0v) is 12.3. The molecule has 0 aliphatic rings. The van der Waals surface area contributed by atoms with Gasteiger partial charge in [0.15, 0.2) is 0 Å². The summed E-state index contributed by atoms with van der Waals surface area (Å²) in [7, 11) is 0. The van der Waals surface area contributed by atoms with Crippen molar-refractivity contribution in [2.75, 3.05) is 11.9 Å². The van der Waals surface area contributed by atoms with E-state index in [1.807, 2.05) is 25.1 Å². The van der Waals surface area contributed by atoms with Gasteiger partial charge < -0.3 is 16.0 Å². The van der Waals surface area contributed by atoms with E-state index in [9.17, 15) is 9.59 Å². The van der Waals surface area contributed by atoms with Gasteiger partial charge in [0.2, 0.25) is 0 Å². The monoisotopic (exact) mass is 298 g/mol. The molecule has 2 rings (SSSR count). The summed E-state index contributed by atoms with van der Waals surface area (Å²) in [6.45, 7) is 2.79. The lowest BCUT2D eigenvalue weighted by Gasteiger charge is -2.08. The van der Waals surface area contributed by atoms with Gasteiger partial charge in [0.1, 0.15) is 0 Å². The predicted molar refractivity (Wildman–Crippen MR) is 84.5 cm³/mol. The van der Waals surface area contributed by atoms with E-state index in [0.717, 1.165) is 5.69 Å². The Morgan fingerprint density at radius 1 is 1.05 bits per heavy atom. The van der Waals surface area contributed by atoms with Crippen molar-refractivity contribution in [1.82, 2.24) is 15.6 Å². The lowest BCUT2D eigenvalue weighted by molar-refractivity contribution is 0.0956. The van der Waals surface area contributed by atoms with Crippen molar-refractivity contribution >= 4 is 17.6 Å². The number of nitrogens with one attached hydrogen (secondary N) is 3. The van der Waals surface area contributed by atoms with Crippen LogP contribution in [0.3, 0.4) is 0 Å². The summed E-state index contributed by atoms with van der Waals surface area (Å²) < 4.78 is 0. The quantitative estimate of drug-likeness (QED) is 0.791. The van der Waals surface area contributed by atoms with Crippen molar-refractivity contribution in [1.29, 1.82) is 0 Å². The number of amides is 3. The molecule has 0 saturated carbocycles. The molecule has 1 heterocycles. The Kier molecular flexibility index (Phi) is 5.48. The Bertz CT molecular complexity index is 626. The summed E-state index contributed by atoms with van der Waals surface area (Å²) in [5.41, 5.74) is 1.96. The van der Waals surface area contributed by atoms with Crippen molar-refractivity contribution in [3.63, 3.8) is 0 Å². The van der Waals surface area contributed by atoms with Crippen LogP contribution in [-0.4, -0.2) is 23.5 Å². The van der Waals surface area contributed by atoms with Crippen molar-refractivity contribution in [3.05, 3.63) is 59.9 Å². The molecule has 1 aromatic heterocycles. The molecule has 3 N–H and O–H groups in total. The average molecular weight is 298 g/mol. The van der Waals surface area contributed by atoms with Gasteiger partial charge >= 0.3 is 6.03 Å². The van der Waals surface area contributed by atoms with Crippen LogP contribution >= 0.6 is 0 Å². The second kappa shape index (κ2) is 7.78. The first-order chi connectivity index (χ1) is 10.7. The average Bonchev–Trinajstić information content (AvgIpc) is 2.55. The molecule has 0 fully saturated rings. The number of benzene rings is 1. The van der Waals surface area contributed by atoms with Crippen LogP contribution in [0.4, 0.5) is 10.5 Å². The second-order valence-corrected chi connectivity index (χ2v) is 4.57. The smallest absolute Gasteiger partial charge is 0.319 e. The van der Waals surface area contributed by atoms with Gasteiger partial charge in [-0.3, -0.25) is 9.78 Å². The van der Waals surface area contributed by atoms with Crippen molar-refractivity contribution < 1.29 is 9.59 Å². The minimum Gasteiger partial charge on any atom is -0.352 e. The summed E-state index contributed by atoms with van der Waals surface area (Å²) in [4.78, 5) is 27.5. The van der Waals surface area contributed by atoms with Crippen molar-refractivity contribution in [2.24, 2.45) is 0 Å². The van der Waals surface area contributed by atoms with Crippen LogP contribution in [0.5, 0.6) is 0 Å². The molecule has 0 radical (unpaired) electrons. The molecule has 0 saturated heterocycles. The summed E-state index contributed by atoms with van der Waals surface area (Å²) >= 11 is 0. The normalized spacial score (nSPS) is 9.86. The summed E-state index contributed by atoms with van der Waals surface area (Å²) in [5, 5.41) is 8.13. The summed E-state index contributed by atoms with van der Waals surface area (Å²) in [6.07, 6.45) is 1.68. The Morgan fingerprint density at radius 3 is 2.45 bits per heavy atom. The molecule has 6 nitrogen and oxygen atoms in total. The van der Waals surface area contributed by atoms with E-state index < -0.39 is 0 Å². The Morgan fingerprint density at radius 2 is 1.82 bits per heavy atom. The minimum absolute atomic E-state index is 0.131. The maximum Gasteiger partial charge on any atom is 0.319 e. The largest absolute Gasteiger partial charge is 0.352 e. The van der Waals surface area contributed by atoms with Gasteiger partial charge in [-0.2, -0.15) is 0 Å². The van der Waals surface area contributed by atoms with E-state index in [2.05, 4.69) is 20.9 Å². The van der Waals surface area contributed by atoms with Crippen molar-refractivity contribution in [3.8, 4) is 0 Å². The predicted octanol–water partition coefficient (Wildman–Crippen LogP) is 2.15.